The summed E-state index contributed by atoms with van der Waals surface area (Å²) >= 11 is 0. The molecule has 1 atom stereocenters. The highest BCUT2D eigenvalue weighted by molar-refractivity contribution is 7.89. The van der Waals surface area contributed by atoms with Crippen molar-refractivity contribution in [1.29, 1.82) is 0 Å². The van der Waals surface area contributed by atoms with Crippen LogP contribution in [0.4, 0.5) is 4.39 Å². The van der Waals surface area contributed by atoms with E-state index in [9.17, 15) is 17.6 Å². The molecule has 0 aliphatic carbocycles. The van der Waals surface area contributed by atoms with Crippen LogP contribution in [0.15, 0.2) is 51.9 Å². The maximum Gasteiger partial charge on any atom is 0.338 e. The number of halogens is 1. The largest absolute Gasteiger partial charge is 0.449 e. The smallest absolute Gasteiger partial charge is 0.338 e. The summed E-state index contributed by atoms with van der Waals surface area (Å²) in [5.74, 6) is -0.916. The van der Waals surface area contributed by atoms with Crippen molar-refractivity contribution < 1.29 is 26.9 Å². The first kappa shape index (κ1) is 19.6. The summed E-state index contributed by atoms with van der Waals surface area (Å²) < 4.78 is 46.5. The number of ether oxygens (including phenoxy) is 1. The summed E-state index contributed by atoms with van der Waals surface area (Å²) in [5.41, 5.74) is 1.04. The van der Waals surface area contributed by atoms with Crippen molar-refractivity contribution in [2.75, 3.05) is 0 Å². The molecule has 0 fully saturated rings. The molecule has 28 heavy (non-hydrogen) atoms. The van der Waals surface area contributed by atoms with Crippen LogP contribution < -0.4 is 5.14 Å². The summed E-state index contributed by atoms with van der Waals surface area (Å²) in [6.07, 6.45) is -0.873. The second kappa shape index (κ2) is 7.49. The Labute approximate surface area is 160 Å². The van der Waals surface area contributed by atoms with Crippen molar-refractivity contribution in [2.24, 2.45) is 5.14 Å². The van der Waals surface area contributed by atoms with E-state index in [2.05, 4.69) is 10.1 Å². The van der Waals surface area contributed by atoms with E-state index in [0.29, 0.717) is 11.1 Å². The lowest BCUT2D eigenvalue weighted by Gasteiger charge is -2.09. The van der Waals surface area contributed by atoms with Gasteiger partial charge in [-0.05, 0) is 49.7 Å². The van der Waals surface area contributed by atoms with Crippen molar-refractivity contribution in [3.8, 4) is 11.4 Å². The van der Waals surface area contributed by atoms with E-state index in [4.69, 9.17) is 14.4 Å². The summed E-state index contributed by atoms with van der Waals surface area (Å²) in [6, 6.07) is 9.49. The van der Waals surface area contributed by atoms with Crippen LogP contribution in [0.25, 0.3) is 11.4 Å². The molecule has 0 spiro atoms. The van der Waals surface area contributed by atoms with Crippen molar-refractivity contribution in [3.63, 3.8) is 0 Å². The van der Waals surface area contributed by atoms with Gasteiger partial charge in [-0.25, -0.2) is 22.7 Å². The number of carbonyl (C=O) groups is 1. The Balaban J connectivity index is 1.72. The number of primary sulfonamides is 1. The molecule has 8 nitrogen and oxygen atoms in total. The highest BCUT2D eigenvalue weighted by Crippen LogP contribution is 2.23. The van der Waals surface area contributed by atoms with Crippen LogP contribution in [-0.2, 0) is 14.8 Å². The molecule has 2 N–H and O–H groups in total. The van der Waals surface area contributed by atoms with Gasteiger partial charge in [0.05, 0.1) is 10.5 Å². The summed E-state index contributed by atoms with van der Waals surface area (Å²) in [6.45, 7) is 3.17. The van der Waals surface area contributed by atoms with E-state index in [-0.39, 0.29) is 22.2 Å². The number of nitrogens with zero attached hydrogens (tertiary/aromatic N) is 2. The van der Waals surface area contributed by atoms with Crippen LogP contribution in [-0.4, -0.2) is 24.5 Å². The van der Waals surface area contributed by atoms with E-state index in [0.717, 1.165) is 0 Å². The first-order chi connectivity index (χ1) is 13.1. The Morgan fingerprint density at radius 1 is 1.21 bits per heavy atom. The molecule has 0 saturated carbocycles. The van der Waals surface area contributed by atoms with E-state index in [1.54, 1.807) is 19.1 Å². The molecule has 146 valence electrons. The number of rotatable bonds is 5. The van der Waals surface area contributed by atoms with Gasteiger partial charge in [-0.15, -0.1) is 0 Å². The molecule has 3 aromatic rings. The third-order valence-electron chi connectivity index (χ3n) is 3.92. The molecule has 0 bridgehead atoms. The van der Waals surface area contributed by atoms with E-state index < -0.39 is 27.9 Å². The number of aryl methyl sites for hydroxylation is 1. The molecule has 2 aromatic carbocycles. The lowest BCUT2D eigenvalue weighted by Crippen LogP contribution is -2.13. The third kappa shape index (κ3) is 4.24. The zero-order valence-corrected chi connectivity index (χ0v) is 15.7. The van der Waals surface area contributed by atoms with Crippen molar-refractivity contribution in [2.45, 2.75) is 24.8 Å². The van der Waals surface area contributed by atoms with E-state index in [1.807, 2.05) is 0 Å². The van der Waals surface area contributed by atoms with Crippen molar-refractivity contribution >= 4 is 16.0 Å². The second-order valence-corrected chi connectivity index (χ2v) is 7.60. The molecule has 0 aliphatic rings. The molecule has 0 amide bonds. The van der Waals surface area contributed by atoms with Crippen molar-refractivity contribution in [1.82, 2.24) is 10.1 Å². The Morgan fingerprint density at radius 3 is 2.50 bits per heavy atom. The van der Waals surface area contributed by atoms with Crippen LogP contribution in [0.2, 0.25) is 0 Å². The average Bonchev–Trinajstić information content (AvgIpc) is 3.13. The summed E-state index contributed by atoms with van der Waals surface area (Å²) in [5, 5.41) is 8.78. The predicted molar refractivity (Wildman–Crippen MR) is 96.1 cm³/mol. The van der Waals surface area contributed by atoms with Crippen LogP contribution in [0.3, 0.4) is 0 Å². The van der Waals surface area contributed by atoms with Gasteiger partial charge in [0.15, 0.2) is 6.10 Å². The minimum atomic E-state index is -3.85. The number of hydrogen-bond acceptors (Lipinski definition) is 7. The lowest BCUT2D eigenvalue weighted by molar-refractivity contribution is 0.0265. The number of nitrogens with two attached hydrogens (primary N) is 1. The number of benzene rings is 2. The first-order valence-corrected chi connectivity index (χ1v) is 9.64. The minimum Gasteiger partial charge on any atom is -0.449 e. The quantitative estimate of drug-likeness (QED) is 0.647. The molecule has 3 rings (SSSR count). The second-order valence-electron chi connectivity index (χ2n) is 6.04. The van der Waals surface area contributed by atoms with Crippen LogP contribution in [0.5, 0.6) is 0 Å². The molecular formula is C18H16FN3O5S. The van der Waals surface area contributed by atoms with Gasteiger partial charge < -0.3 is 9.26 Å². The van der Waals surface area contributed by atoms with E-state index >= 15 is 0 Å². The molecule has 0 radical (unpaired) electrons. The third-order valence-corrected chi connectivity index (χ3v) is 4.85. The Hall–Kier alpha value is -3.11. The maximum absolute atomic E-state index is 13.7. The molecule has 1 aromatic heterocycles. The van der Waals surface area contributed by atoms with Gasteiger partial charge in [0.1, 0.15) is 5.82 Å². The highest BCUT2D eigenvalue weighted by Gasteiger charge is 2.21. The van der Waals surface area contributed by atoms with Crippen LogP contribution in [0.1, 0.15) is 34.8 Å². The minimum absolute atomic E-state index is 0.0329. The van der Waals surface area contributed by atoms with Gasteiger partial charge in [-0.1, -0.05) is 17.3 Å². The Bertz CT molecular complexity index is 1130. The predicted octanol–water partition coefficient (Wildman–Crippen LogP) is 2.75. The SMILES string of the molecule is Cc1ccc(-c2noc(C(C)OC(=O)c3ccc(S(N)(=O)=O)cc3)n2)cc1F. The molecule has 1 unspecified atom stereocenters. The summed E-state index contributed by atoms with van der Waals surface area (Å²) in [4.78, 5) is 16.2. The Morgan fingerprint density at radius 2 is 1.89 bits per heavy atom. The molecular weight excluding hydrogens is 389 g/mol. The van der Waals surface area contributed by atoms with Gasteiger partial charge in [-0.2, -0.15) is 4.98 Å². The number of sulfonamides is 1. The first-order valence-electron chi connectivity index (χ1n) is 8.09. The van der Waals surface area contributed by atoms with E-state index in [1.165, 1.54) is 37.3 Å². The van der Waals surface area contributed by atoms with Gasteiger partial charge in [0, 0.05) is 5.56 Å². The van der Waals surface area contributed by atoms with Crippen LogP contribution >= 0.6 is 0 Å². The lowest BCUT2D eigenvalue weighted by atomic mass is 10.1. The van der Waals surface area contributed by atoms with Gasteiger partial charge >= 0.3 is 5.97 Å². The number of carbonyl (C=O) groups excluding carboxylic acids is 1. The fourth-order valence-corrected chi connectivity index (χ4v) is 2.82. The molecule has 0 saturated heterocycles. The molecule has 0 aliphatic heterocycles. The topological polar surface area (TPSA) is 125 Å². The molecule has 10 heteroatoms. The number of hydrogen-bond donors (Lipinski definition) is 1. The van der Waals surface area contributed by atoms with Gasteiger partial charge in [0.2, 0.25) is 15.8 Å². The number of esters is 1. The summed E-state index contributed by atoms with van der Waals surface area (Å²) in [7, 11) is -3.85. The van der Waals surface area contributed by atoms with Gasteiger partial charge in [0.25, 0.3) is 5.89 Å². The van der Waals surface area contributed by atoms with Crippen molar-refractivity contribution in [3.05, 3.63) is 65.3 Å². The zero-order valence-electron chi connectivity index (χ0n) is 14.9. The zero-order chi connectivity index (χ0) is 20.5. The van der Waals surface area contributed by atoms with Crippen LogP contribution in [0, 0.1) is 12.7 Å². The Kier molecular flexibility index (Phi) is 5.25. The monoisotopic (exact) mass is 405 g/mol. The van der Waals surface area contributed by atoms with Gasteiger partial charge in [-0.3, -0.25) is 0 Å². The standard InChI is InChI=1S/C18H16FN3O5S/c1-10-3-4-13(9-15(10)19)16-21-17(27-22-16)11(2)26-18(23)12-5-7-14(8-6-12)28(20,24)25/h3-9,11H,1-2H3,(H2,20,24,25). The average molecular weight is 405 g/mol. The normalized spacial score (nSPS) is 12.6. The number of aromatic nitrogens is 2. The fourth-order valence-electron chi connectivity index (χ4n) is 2.31. The highest BCUT2D eigenvalue weighted by atomic mass is 32.2. The molecule has 1 heterocycles. The maximum atomic E-state index is 13.7. The fraction of sp³-hybridized carbons (Fsp3) is 0.167.